The van der Waals surface area contributed by atoms with Crippen molar-refractivity contribution in [3.63, 3.8) is 0 Å². The summed E-state index contributed by atoms with van der Waals surface area (Å²) in [6, 6.07) is 4.44. The van der Waals surface area contributed by atoms with Gasteiger partial charge < -0.3 is 15.8 Å². The number of anilines is 2. The fourth-order valence-corrected chi connectivity index (χ4v) is 2.30. The zero-order valence-corrected chi connectivity index (χ0v) is 11.6. The number of nitrogens with zero attached hydrogens (tertiary/aromatic N) is 1. The molecule has 19 heavy (non-hydrogen) atoms. The number of non-ortho nitro benzene ring substituents is 1. The van der Waals surface area contributed by atoms with Crippen LogP contribution in [0.1, 0.15) is 6.92 Å². The molecule has 1 aromatic rings. The van der Waals surface area contributed by atoms with Crippen LogP contribution in [-0.2, 0) is 0 Å². The van der Waals surface area contributed by atoms with Gasteiger partial charge in [0, 0.05) is 29.1 Å². The van der Waals surface area contributed by atoms with Gasteiger partial charge in [0.1, 0.15) is 0 Å². The first-order chi connectivity index (χ1) is 9.01. The number of rotatable bonds is 7. The van der Waals surface area contributed by atoms with Gasteiger partial charge in [-0.25, -0.2) is 0 Å². The van der Waals surface area contributed by atoms with Crippen LogP contribution in [0.2, 0.25) is 0 Å². The summed E-state index contributed by atoms with van der Waals surface area (Å²) < 4.78 is 0. The first-order valence-electron chi connectivity index (χ1n) is 5.68. The van der Waals surface area contributed by atoms with E-state index in [9.17, 15) is 15.2 Å². The summed E-state index contributed by atoms with van der Waals surface area (Å²) >= 11 is 1.53. The third kappa shape index (κ3) is 4.27. The van der Waals surface area contributed by atoms with E-state index in [-0.39, 0.29) is 23.6 Å². The van der Waals surface area contributed by atoms with Crippen molar-refractivity contribution in [3.8, 4) is 0 Å². The molecule has 1 aromatic carbocycles. The van der Waals surface area contributed by atoms with Crippen LogP contribution < -0.4 is 16.6 Å². The fourth-order valence-electron chi connectivity index (χ4n) is 1.68. The van der Waals surface area contributed by atoms with Crippen molar-refractivity contribution in [3.05, 3.63) is 28.3 Å². The van der Waals surface area contributed by atoms with Crippen LogP contribution in [0.15, 0.2) is 18.2 Å². The molecule has 0 bridgehead atoms. The largest absolute Gasteiger partial charge is 0.395 e. The number of aliphatic hydroxyl groups is 1. The highest BCUT2D eigenvalue weighted by molar-refractivity contribution is 7.99. The molecule has 0 aliphatic rings. The molecule has 0 saturated heterocycles. The minimum Gasteiger partial charge on any atom is -0.395 e. The fraction of sp³-hybridized carbons (Fsp3) is 0.455. The lowest BCUT2D eigenvalue weighted by atomic mass is 10.2. The Labute approximate surface area is 115 Å². The SMILES string of the molecule is CSC(CO)C(C)Nc1cc(NN)cc([N+](=O)[O-])c1. The van der Waals surface area contributed by atoms with Crippen molar-refractivity contribution in [1.82, 2.24) is 0 Å². The molecule has 0 fully saturated rings. The van der Waals surface area contributed by atoms with Gasteiger partial charge in [0.25, 0.3) is 5.69 Å². The van der Waals surface area contributed by atoms with Gasteiger partial charge in [0.05, 0.1) is 17.2 Å². The van der Waals surface area contributed by atoms with Crippen molar-refractivity contribution in [2.45, 2.75) is 18.2 Å². The van der Waals surface area contributed by atoms with Crippen LogP contribution >= 0.6 is 11.8 Å². The van der Waals surface area contributed by atoms with Crippen molar-refractivity contribution in [2.75, 3.05) is 23.6 Å². The van der Waals surface area contributed by atoms with E-state index in [0.29, 0.717) is 11.4 Å². The highest BCUT2D eigenvalue weighted by Gasteiger charge is 2.16. The topological polar surface area (TPSA) is 113 Å². The van der Waals surface area contributed by atoms with E-state index in [1.165, 1.54) is 23.9 Å². The third-order valence-corrected chi connectivity index (χ3v) is 3.89. The number of nitro groups is 1. The molecule has 0 radical (unpaired) electrons. The quantitative estimate of drug-likeness (QED) is 0.340. The molecule has 0 heterocycles. The summed E-state index contributed by atoms with van der Waals surface area (Å²) in [5.41, 5.74) is 3.39. The number of hydrogen-bond acceptors (Lipinski definition) is 7. The summed E-state index contributed by atoms with van der Waals surface area (Å²) in [7, 11) is 0. The molecular formula is C11H18N4O3S. The number of hydrogen-bond donors (Lipinski definition) is 4. The highest BCUT2D eigenvalue weighted by atomic mass is 32.2. The van der Waals surface area contributed by atoms with E-state index in [2.05, 4.69) is 10.7 Å². The monoisotopic (exact) mass is 286 g/mol. The average Bonchev–Trinajstić information content (AvgIpc) is 2.39. The smallest absolute Gasteiger partial charge is 0.273 e. The Morgan fingerprint density at radius 1 is 1.47 bits per heavy atom. The maximum atomic E-state index is 10.8. The molecule has 0 aliphatic carbocycles. The van der Waals surface area contributed by atoms with Gasteiger partial charge >= 0.3 is 0 Å². The molecular weight excluding hydrogens is 268 g/mol. The van der Waals surface area contributed by atoms with Crippen LogP contribution in [0.3, 0.4) is 0 Å². The molecule has 5 N–H and O–H groups in total. The molecule has 0 aliphatic heterocycles. The molecule has 0 spiro atoms. The van der Waals surface area contributed by atoms with E-state index in [4.69, 9.17) is 5.84 Å². The van der Waals surface area contributed by atoms with Crippen molar-refractivity contribution in [1.29, 1.82) is 0 Å². The summed E-state index contributed by atoms with van der Waals surface area (Å²) in [5.74, 6) is 5.29. The number of nitrogen functional groups attached to an aromatic ring is 1. The molecule has 2 atom stereocenters. The summed E-state index contributed by atoms with van der Waals surface area (Å²) in [4.78, 5) is 10.3. The number of benzene rings is 1. The average molecular weight is 286 g/mol. The second-order valence-corrected chi connectivity index (χ2v) is 5.14. The molecule has 2 unspecified atom stereocenters. The molecule has 0 amide bonds. The molecule has 0 aromatic heterocycles. The van der Waals surface area contributed by atoms with E-state index in [0.717, 1.165) is 0 Å². The lowest BCUT2D eigenvalue weighted by molar-refractivity contribution is -0.384. The minimum atomic E-state index is -0.477. The van der Waals surface area contributed by atoms with Crippen LogP contribution in [0.4, 0.5) is 17.1 Å². The predicted octanol–water partition coefficient (Wildman–Crippen LogP) is 1.40. The Morgan fingerprint density at radius 3 is 2.58 bits per heavy atom. The summed E-state index contributed by atoms with van der Waals surface area (Å²) in [5, 5.41) is 23.2. The second kappa shape index (κ2) is 7.17. The van der Waals surface area contributed by atoms with E-state index >= 15 is 0 Å². The van der Waals surface area contributed by atoms with Gasteiger partial charge in [-0.1, -0.05) is 0 Å². The van der Waals surface area contributed by atoms with Gasteiger partial charge in [0.2, 0.25) is 0 Å². The maximum absolute atomic E-state index is 10.8. The van der Waals surface area contributed by atoms with Gasteiger partial charge in [0.15, 0.2) is 0 Å². The molecule has 8 heteroatoms. The Morgan fingerprint density at radius 2 is 2.11 bits per heavy atom. The van der Waals surface area contributed by atoms with Crippen molar-refractivity contribution < 1.29 is 10.0 Å². The molecule has 7 nitrogen and oxygen atoms in total. The standard InChI is InChI=1S/C11H18N4O3S/c1-7(11(6-16)19-2)13-8-3-9(14-12)5-10(4-8)15(17)18/h3-5,7,11,13-14,16H,6,12H2,1-2H3. The molecule has 0 saturated carbocycles. The van der Waals surface area contributed by atoms with Gasteiger partial charge in [-0.05, 0) is 19.2 Å². The third-order valence-electron chi connectivity index (χ3n) is 2.73. The number of nitrogens with one attached hydrogen (secondary N) is 2. The Kier molecular flexibility index (Phi) is 5.87. The zero-order chi connectivity index (χ0) is 14.4. The maximum Gasteiger partial charge on any atom is 0.273 e. The number of nitro benzene ring substituents is 1. The second-order valence-electron chi connectivity index (χ2n) is 4.06. The summed E-state index contributed by atoms with van der Waals surface area (Å²) in [6.45, 7) is 1.94. The minimum absolute atomic E-state index is 0.00791. The predicted molar refractivity (Wildman–Crippen MR) is 78.4 cm³/mol. The summed E-state index contributed by atoms with van der Waals surface area (Å²) in [6.07, 6.45) is 1.90. The number of nitrogens with two attached hydrogens (primary N) is 1. The van der Waals surface area contributed by atoms with Crippen LogP contribution in [0.25, 0.3) is 0 Å². The van der Waals surface area contributed by atoms with Crippen LogP contribution in [-0.4, -0.2) is 34.2 Å². The molecule has 1 rings (SSSR count). The van der Waals surface area contributed by atoms with Gasteiger partial charge in [-0.2, -0.15) is 11.8 Å². The number of thioether (sulfide) groups is 1. The number of hydrazine groups is 1. The van der Waals surface area contributed by atoms with Crippen molar-refractivity contribution >= 4 is 28.8 Å². The van der Waals surface area contributed by atoms with E-state index in [1.807, 2.05) is 13.2 Å². The Bertz CT molecular complexity index is 440. The lowest BCUT2D eigenvalue weighted by Gasteiger charge is -2.22. The van der Waals surface area contributed by atoms with Crippen LogP contribution in [0, 0.1) is 10.1 Å². The van der Waals surface area contributed by atoms with Crippen molar-refractivity contribution in [2.24, 2.45) is 5.84 Å². The van der Waals surface area contributed by atoms with Gasteiger partial charge in [-0.15, -0.1) is 0 Å². The number of aliphatic hydroxyl groups excluding tert-OH is 1. The van der Waals surface area contributed by atoms with E-state index < -0.39 is 4.92 Å². The zero-order valence-electron chi connectivity index (χ0n) is 10.8. The normalized spacial score (nSPS) is 13.7. The first-order valence-corrected chi connectivity index (χ1v) is 6.97. The Balaban J connectivity index is 2.93. The lowest BCUT2D eigenvalue weighted by Crippen LogP contribution is -2.31. The highest BCUT2D eigenvalue weighted by Crippen LogP contribution is 2.25. The van der Waals surface area contributed by atoms with E-state index in [1.54, 1.807) is 6.07 Å². The first kappa shape index (κ1) is 15.5. The Hall–Kier alpha value is -1.51. The van der Waals surface area contributed by atoms with Crippen LogP contribution in [0.5, 0.6) is 0 Å². The van der Waals surface area contributed by atoms with Gasteiger partial charge in [-0.3, -0.25) is 16.0 Å². The molecule has 106 valence electrons.